The minimum absolute atomic E-state index is 0. The van der Waals surface area contributed by atoms with E-state index >= 15 is 0 Å². The summed E-state index contributed by atoms with van der Waals surface area (Å²) in [4.78, 5) is 49.5. The molecule has 0 heterocycles. The second-order valence-electron chi connectivity index (χ2n) is 8.37. The zero-order valence-corrected chi connectivity index (χ0v) is 22.2. The van der Waals surface area contributed by atoms with Crippen LogP contribution in [0.5, 0.6) is 0 Å². The number of nitrogens with two attached hydrogens (primary N) is 1. The lowest BCUT2D eigenvalue weighted by molar-refractivity contribution is -0.158. The summed E-state index contributed by atoms with van der Waals surface area (Å²) in [5.41, 5.74) is 5.99. The predicted molar refractivity (Wildman–Crippen MR) is 141 cm³/mol. The Kier molecular flexibility index (Phi) is 10.8. The van der Waals surface area contributed by atoms with Crippen molar-refractivity contribution >= 4 is 59.3 Å². The van der Waals surface area contributed by atoms with Crippen molar-refractivity contribution < 1.29 is 28.7 Å². The third-order valence-corrected chi connectivity index (χ3v) is 4.42. The fourth-order valence-electron chi connectivity index (χ4n) is 2.87. The maximum atomic E-state index is 12.7. The van der Waals surface area contributed by atoms with E-state index in [1.165, 1.54) is 24.3 Å². The predicted octanol–water partition coefficient (Wildman–Crippen LogP) is 2.84. The van der Waals surface area contributed by atoms with Crippen molar-refractivity contribution in [3.05, 3.63) is 65.2 Å². The number of ether oxygens (including phenoxy) is 2. The summed E-state index contributed by atoms with van der Waals surface area (Å²) in [5.74, 6) is -2.63. The van der Waals surface area contributed by atoms with E-state index in [0.717, 1.165) is 7.11 Å². The van der Waals surface area contributed by atoms with Crippen molar-refractivity contribution in [2.24, 2.45) is 5.73 Å². The standard InChI is InChI=1S/C24H28N4O6.HI/c1-24(2,3)34-19(29)13-18(23(32)33-4)28-22(31)16-6-5-7-17(12-16)27-21(30)15-10-8-14(9-11-15)20(25)26;/h5-12,18H,13H2,1-4H3,(H3,25,26)(H,27,30)(H,28,31);1H/t18-;/m0./s1. The van der Waals surface area contributed by atoms with Crippen LogP contribution in [0.3, 0.4) is 0 Å². The Balaban J connectivity index is 0.00000612. The molecule has 1 atom stereocenters. The van der Waals surface area contributed by atoms with E-state index in [9.17, 15) is 19.2 Å². The van der Waals surface area contributed by atoms with Gasteiger partial charge < -0.3 is 25.8 Å². The highest BCUT2D eigenvalue weighted by atomic mass is 127. The number of nitrogens with one attached hydrogen (secondary N) is 3. The Morgan fingerprint density at radius 3 is 2.11 bits per heavy atom. The van der Waals surface area contributed by atoms with Crippen LogP contribution in [0.15, 0.2) is 48.5 Å². The number of benzene rings is 2. The van der Waals surface area contributed by atoms with Crippen LogP contribution < -0.4 is 16.4 Å². The lowest BCUT2D eigenvalue weighted by Crippen LogP contribution is -2.43. The average Bonchev–Trinajstić information content (AvgIpc) is 2.77. The molecular formula is C24H29IN4O6. The van der Waals surface area contributed by atoms with Crippen LogP contribution in [0.25, 0.3) is 0 Å². The lowest BCUT2D eigenvalue weighted by Gasteiger charge is -2.22. The normalized spacial score (nSPS) is 11.3. The zero-order valence-electron chi connectivity index (χ0n) is 19.8. The number of amides is 2. The van der Waals surface area contributed by atoms with Crippen LogP contribution in [-0.2, 0) is 19.1 Å². The van der Waals surface area contributed by atoms with Crippen molar-refractivity contribution in [2.45, 2.75) is 38.8 Å². The van der Waals surface area contributed by atoms with Gasteiger partial charge in [0.1, 0.15) is 17.5 Å². The number of hydrogen-bond acceptors (Lipinski definition) is 7. The molecule has 0 saturated carbocycles. The van der Waals surface area contributed by atoms with Gasteiger partial charge in [0, 0.05) is 22.4 Å². The molecule has 2 aromatic rings. The number of anilines is 1. The largest absolute Gasteiger partial charge is 0.467 e. The van der Waals surface area contributed by atoms with Crippen LogP contribution in [0, 0.1) is 5.41 Å². The first-order valence-corrected chi connectivity index (χ1v) is 10.4. The van der Waals surface area contributed by atoms with E-state index in [-0.39, 0.29) is 35.4 Å². The molecule has 0 fully saturated rings. The van der Waals surface area contributed by atoms with Gasteiger partial charge >= 0.3 is 11.9 Å². The molecule has 2 aromatic carbocycles. The molecule has 0 spiro atoms. The van der Waals surface area contributed by atoms with E-state index < -0.39 is 41.8 Å². The van der Waals surface area contributed by atoms with E-state index in [1.54, 1.807) is 45.0 Å². The van der Waals surface area contributed by atoms with Crippen molar-refractivity contribution in [3.8, 4) is 0 Å². The van der Waals surface area contributed by atoms with E-state index in [1.807, 2.05) is 0 Å². The fourth-order valence-corrected chi connectivity index (χ4v) is 2.87. The molecule has 0 aliphatic heterocycles. The van der Waals surface area contributed by atoms with Crippen molar-refractivity contribution in [1.82, 2.24) is 5.32 Å². The molecule has 0 aromatic heterocycles. The molecule has 2 amide bonds. The van der Waals surface area contributed by atoms with Gasteiger partial charge in [0.2, 0.25) is 0 Å². The number of nitrogen functional groups attached to an aromatic ring is 1. The third kappa shape index (κ3) is 9.35. The van der Waals surface area contributed by atoms with Gasteiger partial charge in [-0.2, -0.15) is 0 Å². The Labute approximate surface area is 220 Å². The highest BCUT2D eigenvalue weighted by Gasteiger charge is 2.28. The van der Waals surface area contributed by atoms with Crippen molar-refractivity contribution in [3.63, 3.8) is 0 Å². The molecule has 0 saturated heterocycles. The van der Waals surface area contributed by atoms with Gasteiger partial charge in [-0.15, -0.1) is 24.0 Å². The van der Waals surface area contributed by atoms with Crippen LogP contribution in [0.2, 0.25) is 0 Å². The number of halogens is 1. The topological polar surface area (TPSA) is 161 Å². The Hall–Kier alpha value is -3.48. The number of rotatable bonds is 8. The van der Waals surface area contributed by atoms with E-state index in [0.29, 0.717) is 16.8 Å². The second-order valence-corrected chi connectivity index (χ2v) is 8.37. The summed E-state index contributed by atoms with van der Waals surface area (Å²) in [5, 5.41) is 12.6. The fraction of sp³-hybridized carbons (Fsp3) is 0.292. The van der Waals surface area contributed by atoms with Gasteiger partial charge in [0.25, 0.3) is 11.8 Å². The highest BCUT2D eigenvalue weighted by Crippen LogP contribution is 2.15. The van der Waals surface area contributed by atoms with Gasteiger partial charge in [0.05, 0.1) is 13.5 Å². The minimum Gasteiger partial charge on any atom is -0.467 e. The second kappa shape index (κ2) is 12.8. The molecule has 5 N–H and O–H groups in total. The highest BCUT2D eigenvalue weighted by molar-refractivity contribution is 14.0. The summed E-state index contributed by atoms with van der Waals surface area (Å²) < 4.78 is 9.90. The molecule has 0 unspecified atom stereocenters. The molecule has 0 bridgehead atoms. The number of amidine groups is 1. The molecule has 188 valence electrons. The van der Waals surface area contributed by atoms with Gasteiger partial charge in [0.15, 0.2) is 0 Å². The average molecular weight is 596 g/mol. The molecular weight excluding hydrogens is 567 g/mol. The number of methoxy groups -OCH3 is 1. The molecule has 10 nitrogen and oxygen atoms in total. The van der Waals surface area contributed by atoms with Crippen LogP contribution in [0.1, 0.15) is 53.5 Å². The smallest absolute Gasteiger partial charge is 0.328 e. The molecule has 0 radical (unpaired) electrons. The first-order chi connectivity index (χ1) is 15.9. The quantitative estimate of drug-likeness (QED) is 0.158. The van der Waals surface area contributed by atoms with Gasteiger partial charge in [-0.1, -0.05) is 18.2 Å². The maximum Gasteiger partial charge on any atom is 0.328 e. The first-order valence-electron chi connectivity index (χ1n) is 10.4. The minimum atomic E-state index is -1.25. The third-order valence-electron chi connectivity index (χ3n) is 4.42. The van der Waals surface area contributed by atoms with Gasteiger partial charge in [-0.05, 0) is 51.1 Å². The van der Waals surface area contributed by atoms with Crippen LogP contribution >= 0.6 is 24.0 Å². The van der Waals surface area contributed by atoms with Crippen LogP contribution in [0.4, 0.5) is 5.69 Å². The SMILES string of the molecule is COC(=O)[C@H](CC(=O)OC(C)(C)C)NC(=O)c1cccc(NC(=O)c2ccc(C(=N)N)cc2)c1.I. The van der Waals surface area contributed by atoms with Crippen molar-refractivity contribution in [2.75, 3.05) is 12.4 Å². The zero-order chi connectivity index (χ0) is 25.5. The molecule has 2 rings (SSSR count). The number of esters is 2. The summed E-state index contributed by atoms with van der Waals surface area (Å²) >= 11 is 0. The number of hydrogen-bond donors (Lipinski definition) is 4. The maximum absolute atomic E-state index is 12.7. The Morgan fingerprint density at radius 1 is 0.971 bits per heavy atom. The molecule has 0 aliphatic rings. The molecule has 0 aliphatic carbocycles. The number of carbonyl (C=O) groups excluding carboxylic acids is 4. The summed E-state index contributed by atoms with van der Waals surface area (Å²) in [6.07, 6.45) is -0.400. The summed E-state index contributed by atoms with van der Waals surface area (Å²) in [6, 6.07) is 11.0. The van der Waals surface area contributed by atoms with E-state index in [2.05, 4.69) is 15.4 Å². The Morgan fingerprint density at radius 2 is 1.57 bits per heavy atom. The van der Waals surface area contributed by atoms with Gasteiger partial charge in [-0.3, -0.25) is 19.8 Å². The summed E-state index contributed by atoms with van der Waals surface area (Å²) in [7, 11) is 1.15. The molecule has 35 heavy (non-hydrogen) atoms. The number of carbonyl (C=O) groups is 4. The molecule has 11 heteroatoms. The first kappa shape index (κ1) is 29.6. The Bertz CT molecular complexity index is 1100. The lowest BCUT2D eigenvalue weighted by atomic mass is 10.1. The summed E-state index contributed by atoms with van der Waals surface area (Å²) in [6.45, 7) is 5.07. The monoisotopic (exact) mass is 596 g/mol. The van der Waals surface area contributed by atoms with Gasteiger partial charge in [-0.25, -0.2) is 4.79 Å². The van der Waals surface area contributed by atoms with E-state index in [4.69, 9.17) is 15.9 Å². The van der Waals surface area contributed by atoms with Crippen LogP contribution in [-0.4, -0.2) is 48.3 Å². The van der Waals surface area contributed by atoms with Crippen molar-refractivity contribution in [1.29, 1.82) is 5.41 Å².